The van der Waals surface area contributed by atoms with Gasteiger partial charge >= 0.3 is 0 Å². The number of nitrogens with one attached hydrogen (secondary N) is 4. The maximum atomic E-state index is 13.1. The summed E-state index contributed by atoms with van der Waals surface area (Å²) in [5.41, 5.74) is 2.55. The molecule has 2 bridgehead atoms. The fraction of sp³-hybridized carbons (Fsp3) is 0.292. The highest BCUT2D eigenvalue weighted by Crippen LogP contribution is 2.30. The summed E-state index contributed by atoms with van der Waals surface area (Å²) in [6.07, 6.45) is 2.44. The molecule has 33 heavy (non-hydrogen) atoms. The summed E-state index contributed by atoms with van der Waals surface area (Å²) in [6.45, 7) is 4.05. The Balaban J connectivity index is 1.84. The molecule has 4 rings (SSSR count). The van der Waals surface area contributed by atoms with Crippen molar-refractivity contribution in [2.75, 3.05) is 11.9 Å². The Hall–Kier alpha value is -4.01. The first-order valence-corrected chi connectivity index (χ1v) is 10.9. The lowest BCUT2D eigenvalue weighted by Crippen LogP contribution is -2.25. The lowest BCUT2D eigenvalue weighted by Gasteiger charge is -2.20. The van der Waals surface area contributed by atoms with Crippen LogP contribution < -0.4 is 10.6 Å². The van der Waals surface area contributed by atoms with Gasteiger partial charge in [-0.15, -0.1) is 0 Å². The van der Waals surface area contributed by atoms with E-state index in [4.69, 9.17) is 15.6 Å². The average molecular weight is 447 g/mol. The minimum Gasteiger partial charge on any atom is -0.425 e. The largest absolute Gasteiger partial charge is 0.425 e. The summed E-state index contributed by atoms with van der Waals surface area (Å²) >= 11 is 0. The molecule has 0 radical (unpaired) electrons. The Morgan fingerprint density at radius 1 is 1.09 bits per heavy atom. The number of para-hydroxylation sites is 1. The molecule has 0 aliphatic carbocycles. The number of nitrogens with zero attached hydrogens (tertiary/aromatic N) is 2. The zero-order valence-corrected chi connectivity index (χ0v) is 18.6. The molecule has 2 heterocycles. The Morgan fingerprint density at radius 3 is 2.58 bits per heavy atom. The van der Waals surface area contributed by atoms with Crippen LogP contribution in [-0.4, -0.2) is 39.7 Å². The van der Waals surface area contributed by atoms with Crippen molar-refractivity contribution in [1.82, 2.24) is 14.9 Å². The van der Waals surface area contributed by atoms with E-state index in [1.54, 1.807) is 36.4 Å². The van der Waals surface area contributed by atoms with Crippen LogP contribution in [0.5, 0.6) is 0 Å². The highest BCUT2D eigenvalue weighted by molar-refractivity contribution is 6.09. The molecule has 1 aliphatic rings. The molecule has 0 saturated carbocycles. The second-order valence-electron chi connectivity index (χ2n) is 8.10. The standard InChI is InChI=1S/C24H26N6O3/c1-14-7-3-4-12-27-22(31)16-8-5-9-17(13-16)23(32)29-24-28-19-11-6-10-18(20(19)30(14)24)21(26)33-15(2)25/h5-6,8-11,13-14,25-26H,3-4,7,12H2,1-2H3,(H,27,31)(H,28,29,32). The zero-order chi connectivity index (χ0) is 23.5. The van der Waals surface area contributed by atoms with E-state index < -0.39 is 0 Å². The molecule has 170 valence electrons. The lowest BCUT2D eigenvalue weighted by molar-refractivity contribution is 0.0953. The van der Waals surface area contributed by atoms with Crippen molar-refractivity contribution < 1.29 is 14.3 Å². The van der Waals surface area contributed by atoms with E-state index in [1.165, 1.54) is 6.92 Å². The summed E-state index contributed by atoms with van der Waals surface area (Å²) in [5.74, 6) is -0.452. The van der Waals surface area contributed by atoms with Crippen LogP contribution in [0.4, 0.5) is 5.95 Å². The quantitative estimate of drug-likeness (QED) is 0.331. The highest BCUT2D eigenvalue weighted by atomic mass is 16.5. The molecule has 4 N–H and O–H groups in total. The van der Waals surface area contributed by atoms with E-state index in [1.807, 2.05) is 17.6 Å². The summed E-state index contributed by atoms with van der Waals surface area (Å²) in [6, 6.07) is 11.9. The first-order chi connectivity index (χ1) is 15.8. The third-order valence-corrected chi connectivity index (χ3v) is 5.60. The number of hydrogen-bond donors (Lipinski definition) is 4. The smallest absolute Gasteiger partial charge is 0.257 e. The molecule has 1 unspecified atom stereocenters. The van der Waals surface area contributed by atoms with Gasteiger partial charge in [-0.2, -0.15) is 0 Å². The summed E-state index contributed by atoms with van der Waals surface area (Å²) < 4.78 is 7.19. The number of fused-ring (bicyclic) bond motifs is 5. The van der Waals surface area contributed by atoms with Crippen LogP contribution in [0.2, 0.25) is 0 Å². The first-order valence-electron chi connectivity index (χ1n) is 10.9. The summed E-state index contributed by atoms with van der Waals surface area (Å²) in [5, 5.41) is 21.7. The molecule has 9 nitrogen and oxygen atoms in total. The van der Waals surface area contributed by atoms with E-state index in [0.29, 0.717) is 40.2 Å². The van der Waals surface area contributed by atoms with Crippen molar-refractivity contribution in [3.63, 3.8) is 0 Å². The normalized spacial score (nSPS) is 16.8. The van der Waals surface area contributed by atoms with Gasteiger partial charge in [0.25, 0.3) is 11.8 Å². The van der Waals surface area contributed by atoms with Crippen molar-refractivity contribution in [2.45, 2.75) is 39.2 Å². The Kier molecular flexibility index (Phi) is 6.21. The predicted molar refractivity (Wildman–Crippen MR) is 126 cm³/mol. The van der Waals surface area contributed by atoms with Gasteiger partial charge in [0.2, 0.25) is 11.8 Å². The van der Waals surface area contributed by atoms with E-state index in [2.05, 4.69) is 15.6 Å². The molecule has 3 aromatic rings. The van der Waals surface area contributed by atoms with E-state index >= 15 is 0 Å². The van der Waals surface area contributed by atoms with Crippen molar-refractivity contribution >= 4 is 40.6 Å². The summed E-state index contributed by atoms with van der Waals surface area (Å²) in [4.78, 5) is 30.1. The fourth-order valence-electron chi connectivity index (χ4n) is 4.03. The number of imidazole rings is 1. The predicted octanol–water partition coefficient (Wildman–Crippen LogP) is 4.10. The molecule has 9 heteroatoms. The highest BCUT2D eigenvalue weighted by Gasteiger charge is 2.23. The van der Waals surface area contributed by atoms with Crippen LogP contribution in [0.3, 0.4) is 0 Å². The first kappa shape index (κ1) is 22.2. The number of rotatable bonds is 1. The van der Waals surface area contributed by atoms with Crippen molar-refractivity contribution in [2.24, 2.45) is 0 Å². The van der Waals surface area contributed by atoms with Gasteiger partial charge in [0, 0.05) is 30.6 Å². The third-order valence-electron chi connectivity index (χ3n) is 5.60. The molecule has 1 aliphatic heterocycles. The SMILES string of the molecule is CC(=N)OC(=N)c1cccc2nc3n(c12)C(C)CCCCNC(=O)c1cccc(c1)C(=O)N3. The lowest BCUT2D eigenvalue weighted by atomic mass is 10.1. The van der Waals surface area contributed by atoms with Crippen LogP contribution >= 0.6 is 0 Å². The van der Waals surface area contributed by atoms with E-state index in [-0.39, 0.29) is 29.7 Å². The molecule has 0 saturated heterocycles. The van der Waals surface area contributed by atoms with Gasteiger partial charge in [-0.05, 0) is 56.5 Å². The number of carbonyl (C=O) groups excluding carboxylic acids is 2. The minimum absolute atomic E-state index is 0.0506. The molecule has 0 spiro atoms. The average Bonchev–Trinajstić information content (AvgIpc) is 3.15. The van der Waals surface area contributed by atoms with Gasteiger partial charge < -0.3 is 14.6 Å². The summed E-state index contributed by atoms with van der Waals surface area (Å²) in [7, 11) is 0. The molecule has 1 aromatic heterocycles. The van der Waals surface area contributed by atoms with Crippen molar-refractivity contribution in [3.8, 4) is 0 Å². The van der Waals surface area contributed by atoms with Crippen LogP contribution in [0.25, 0.3) is 11.0 Å². The number of hydrogen-bond acceptors (Lipinski definition) is 6. The van der Waals surface area contributed by atoms with Gasteiger partial charge in [-0.3, -0.25) is 25.7 Å². The molecular formula is C24H26N6O3. The van der Waals surface area contributed by atoms with Crippen LogP contribution in [0.15, 0.2) is 42.5 Å². The fourth-order valence-corrected chi connectivity index (χ4v) is 4.03. The van der Waals surface area contributed by atoms with Gasteiger partial charge in [0.05, 0.1) is 16.6 Å². The maximum Gasteiger partial charge on any atom is 0.257 e. The molecular weight excluding hydrogens is 420 g/mol. The van der Waals surface area contributed by atoms with Crippen LogP contribution in [0, 0.1) is 10.8 Å². The van der Waals surface area contributed by atoms with E-state index in [9.17, 15) is 9.59 Å². The van der Waals surface area contributed by atoms with Crippen molar-refractivity contribution in [3.05, 3.63) is 59.2 Å². The Labute approximate surface area is 191 Å². The molecule has 2 amide bonds. The van der Waals surface area contributed by atoms with Gasteiger partial charge in [-0.25, -0.2) is 4.98 Å². The van der Waals surface area contributed by atoms with Gasteiger partial charge in [0.15, 0.2) is 5.90 Å². The number of ether oxygens (including phenoxy) is 1. The maximum absolute atomic E-state index is 13.1. The second kappa shape index (κ2) is 9.23. The second-order valence-corrected chi connectivity index (χ2v) is 8.10. The minimum atomic E-state index is -0.381. The topological polar surface area (TPSA) is 133 Å². The van der Waals surface area contributed by atoms with Crippen LogP contribution in [-0.2, 0) is 4.74 Å². The number of carbonyl (C=O) groups is 2. The zero-order valence-electron chi connectivity index (χ0n) is 18.6. The van der Waals surface area contributed by atoms with Crippen molar-refractivity contribution in [1.29, 1.82) is 10.8 Å². The number of anilines is 1. The Bertz CT molecular complexity index is 1260. The molecule has 1 atom stereocenters. The number of aromatic nitrogens is 2. The molecule has 2 aromatic carbocycles. The number of amides is 2. The molecule has 0 fully saturated rings. The number of benzene rings is 2. The van der Waals surface area contributed by atoms with E-state index in [0.717, 1.165) is 19.3 Å². The Morgan fingerprint density at radius 2 is 1.82 bits per heavy atom. The van der Waals surface area contributed by atoms with Crippen LogP contribution in [0.1, 0.15) is 65.4 Å². The monoisotopic (exact) mass is 446 g/mol. The van der Waals surface area contributed by atoms with Gasteiger partial charge in [-0.1, -0.05) is 12.1 Å². The van der Waals surface area contributed by atoms with Gasteiger partial charge in [0.1, 0.15) is 0 Å². The third kappa shape index (κ3) is 4.62.